The molecule has 0 atom stereocenters. The quantitative estimate of drug-likeness (QED) is 0.604. The third-order valence-electron chi connectivity index (χ3n) is 3.92. The average Bonchev–Trinajstić information content (AvgIpc) is 2.59. The molecule has 1 aliphatic rings. The zero-order valence-corrected chi connectivity index (χ0v) is 15.4. The van der Waals surface area contributed by atoms with Crippen LogP contribution in [0, 0.1) is 5.82 Å². The first-order valence-electron chi connectivity index (χ1n) is 8.26. The molecule has 1 amide bonds. The van der Waals surface area contributed by atoms with E-state index in [-0.39, 0.29) is 11.1 Å². The normalized spacial score (nSPS) is 14.8. The van der Waals surface area contributed by atoms with Gasteiger partial charge in [-0.1, -0.05) is 0 Å². The Morgan fingerprint density at radius 3 is 2.27 bits per heavy atom. The van der Waals surface area contributed by atoms with E-state index >= 15 is 0 Å². The first kappa shape index (κ1) is 19.7. The fourth-order valence-corrected chi connectivity index (χ4v) is 2.68. The summed E-state index contributed by atoms with van der Waals surface area (Å²) >= 11 is 0. The number of anilines is 1. The summed E-state index contributed by atoms with van der Waals surface area (Å²) < 4.78 is 24.2. The first-order valence-corrected chi connectivity index (χ1v) is 8.26. The van der Waals surface area contributed by atoms with Crippen molar-refractivity contribution in [2.75, 3.05) is 38.2 Å². The minimum atomic E-state index is -0.897. The van der Waals surface area contributed by atoms with Crippen molar-refractivity contribution in [2.45, 2.75) is 26.4 Å². The number of ether oxygens (including phenoxy) is 2. The number of amides is 1. The Kier molecular flexibility index (Phi) is 5.84. The van der Waals surface area contributed by atoms with Crippen LogP contribution in [0.3, 0.4) is 0 Å². The van der Waals surface area contributed by atoms with Gasteiger partial charge in [-0.2, -0.15) is 0 Å². The monoisotopic (exact) mass is 366 g/mol. The molecule has 0 bridgehead atoms. The van der Waals surface area contributed by atoms with Gasteiger partial charge in [0.25, 0.3) is 0 Å². The number of halogens is 1. The lowest BCUT2D eigenvalue weighted by Gasteiger charge is -2.36. The fraction of sp³-hybridized carbons (Fsp3) is 0.500. The van der Waals surface area contributed by atoms with Crippen LogP contribution in [-0.2, 0) is 9.47 Å². The van der Waals surface area contributed by atoms with Crippen LogP contribution in [0.5, 0.6) is 0 Å². The Balaban J connectivity index is 2.12. The SMILES string of the molecule is COC(=O)c1c(F)cc(N2CCN(C(=O)OC(C)(C)C)CC2)cc1C=O. The molecular formula is C18H23FN2O5. The highest BCUT2D eigenvalue weighted by molar-refractivity contribution is 5.99. The van der Waals surface area contributed by atoms with Crippen LogP contribution in [0.15, 0.2) is 12.1 Å². The number of hydrogen-bond acceptors (Lipinski definition) is 6. The highest BCUT2D eigenvalue weighted by Crippen LogP contribution is 2.24. The molecule has 7 nitrogen and oxygen atoms in total. The Morgan fingerprint density at radius 1 is 1.15 bits per heavy atom. The summed E-state index contributed by atoms with van der Waals surface area (Å²) in [6, 6.07) is 2.65. The fourth-order valence-electron chi connectivity index (χ4n) is 2.68. The lowest BCUT2D eigenvalue weighted by molar-refractivity contribution is 0.0240. The molecule has 142 valence electrons. The Hall–Kier alpha value is -2.64. The van der Waals surface area contributed by atoms with E-state index in [4.69, 9.17) is 4.74 Å². The van der Waals surface area contributed by atoms with Crippen LogP contribution in [-0.4, -0.2) is 62.1 Å². The van der Waals surface area contributed by atoms with Crippen molar-refractivity contribution in [3.8, 4) is 0 Å². The van der Waals surface area contributed by atoms with E-state index in [0.29, 0.717) is 38.2 Å². The molecule has 26 heavy (non-hydrogen) atoms. The van der Waals surface area contributed by atoms with Crippen LogP contribution < -0.4 is 4.90 Å². The molecule has 0 aliphatic carbocycles. The summed E-state index contributed by atoms with van der Waals surface area (Å²) in [5.41, 5.74) is -0.541. The molecule has 8 heteroatoms. The minimum Gasteiger partial charge on any atom is -0.465 e. The molecular weight excluding hydrogens is 343 g/mol. The molecule has 1 aromatic rings. The van der Waals surface area contributed by atoms with Crippen LogP contribution >= 0.6 is 0 Å². The third-order valence-corrected chi connectivity index (χ3v) is 3.92. The number of nitrogens with zero attached hydrogens (tertiary/aromatic N) is 2. The summed E-state index contributed by atoms with van der Waals surface area (Å²) in [6.45, 7) is 7.12. The Bertz CT molecular complexity index is 706. The molecule has 1 aliphatic heterocycles. The number of carbonyl (C=O) groups is 3. The van der Waals surface area contributed by atoms with Crippen molar-refractivity contribution >= 4 is 24.0 Å². The largest absolute Gasteiger partial charge is 0.465 e. The van der Waals surface area contributed by atoms with Crippen molar-refractivity contribution in [1.82, 2.24) is 4.90 Å². The van der Waals surface area contributed by atoms with Crippen molar-refractivity contribution in [1.29, 1.82) is 0 Å². The van der Waals surface area contributed by atoms with E-state index < -0.39 is 23.5 Å². The van der Waals surface area contributed by atoms with E-state index in [2.05, 4.69) is 4.74 Å². The number of esters is 1. The number of methoxy groups -OCH3 is 1. The molecule has 0 saturated carbocycles. The second-order valence-electron chi connectivity index (χ2n) is 6.96. The van der Waals surface area contributed by atoms with Gasteiger partial charge in [0.2, 0.25) is 0 Å². The molecule has 1 aromatic carbocycles. The molecule has 1 heterocycles. The van der Waals surface area contributed by atoms with Gasteiger partial charge < -0.3 is 19.3 Å². The van der Waals surface area contributed by atoms with Gasteiger partial charge in [-0.25, -0.2) is 14.0 Å². The summed E-state index contributed by atoms with van der Waals surface area (Å²) in [5.74, 6) is -1.71. The Labute approximate surface area is 151 Å². The number of piperazine rings is 1. The van der Waals surface area contributed by atoms with E-state index in [1.54, 1.807) is 25.7 Å². The summed E-state index contributed by atoms with van der Waals surface area (Å²) in [5, 5.41) is 0. The molecule has 1 saturated heterocycles. The summed E-state index contributed by atoms with van der Waals surface area (Å²) in [4.78, 5) is 38.4. The molecule has 1 fully saturated rings. The summed E-state index contributed by atoms with van der Waals surface area (Å²) in [6.07, 6.45) is 0.0356. The van der Waals surface area contributed by atoms with Gasteiger partial charge in [-0.05, 0) is 32.9 Å². The average molecular weight is 366 g/mol. The number of aldehydes is 1. The highest BCUT2D eigenvalue weighted by Gasteiger charge is 2.27. The lowest BCUT2D eigenvalue weighted by Crippen LogP contribution is -2.50. The molecule has 2 rings (SSSR count). The zero-order chi connectivity index (χ0) is 19.5. The van der Waals surface area contributed by atoms with Crippen molar-refractivity contribution < 1.29 is 28.2 Å². The molecule has 0 unspecified atom stereocenters. The number of carbonyl (C=O) groups excluding carboxylic acids is 3. The Morgan fingerprint density at radius 2 is 1.77 bits per heavy atom. The maximum Gasteiger partial charge on any atom is 0.410 e. The molecule has 0 N–H and O–H groups in total. The van der Waals surface area contributed by atoms with E-state index in [9.17, 15) is 18.8 Å². The maximum atomic E-state index is 14.3. The van der Waals surface area contributed by atoms with Crippen LogP contribution in [0.1, 0.15) is 41.5 Å². The third kappa shape index (κ3) is 4.50. The van der Waals surface area contributed by atoms with Gasteiger partial charge in [0.1, 0.15) is 17.0 Å². The van der Waals surface area contributed by atoms with Crippen molar-refractivity contribution in [2.24, 2.45) is 0 Å². The van der Waals surface area contributed by atoms with E-state index in [0.717, 1.165) is 7.11 Å². The summed E-state index contributed by atoms with van der Waals surface area (Å²) in [7, 11) is 1.13. The van der Waals surface area contributed by atoms with Gasteiger partial charge in [0.05, 0.1) is 7.11 Å². The van der Waals surface area contributed by atoms with Crippen molar-refractivity contribution in [3.05, 3.63) is 29.1 Å². The van der Waals surface area contributed by atoms with Crippen LogP contribution in [0.4, 0.5) is 14.9 Å². The zero-order valence-electron chi connectivity index (χ0n) is 15.4. The second-order valence-corrected chi connectivity index (χ2v) is 6.96. The van der Waals surface area contributed by atoms with Gasteiger partial charge >= 0.3 is 12.1 Å². The number of rotatable bonds is 3. The van der Waals surface area contributed by atoms with Gasteiger partial charge in [0, 0.05) is 37.4 Å². The van der Waals surface area contributed by atoms with Gasteiger partial charge in [-0.15, -0.1) is 0 Å². The van der Waals surface area contributed by atoms with Crippen LogP contribution in [0.2, 0.25) is 0 Å². The van der Waals surface area contributed by atoms with Gasteiger partial charge in [-0.3, -0.25) is 4.79 Å². The van der Waals surface area contributed by atoms with E-state index in [1.165, 1.54) is 12.1 Å². The van der Waals surface area contributed by atoms with Gasteiger partial charge in [0.15, 0.2) is 6.29 Å². The van der Waals surface area contributed by atoms with Crippen LogP contribution in [0.25, 0.3) is 0 Å². The number of hydrogen-bond donors (Lipinski definition) is 0. The topological polar surface area (TPSA) is 76.2 Å². The predicted octanol–water partition coefficient (Wildman–Crippen LogP) is 2.48. The molecule has 0 radical (unpaired) electrons. The van der Waals surface area contributed by atoms with E-state index in [1.807, 2.05) is 4.90 Å². The standard InChI is InChI=1S/C18H23FN2O5/c1-18(2,3)26-17(24)21-7-5-20(6-8-21)13-9-12(11-22)15(14(19)10-13)16(23)25-4/h9-11H,5-8H2,1-4H3. The predicted molar refractivity (Wildman–Crippen MR) is 93.1 cm³/mol. The minimum absolute atomic E-state index is 0.0681. The first-order chi connectivity index (χ1) is 12.2. The lowest BCUT2D eigenvalue weighted by atomic mass is 10.1. The smallest absolute Gasteiger partial charge is 0.410 e. The maximum absolute atomic E-state index is 14.3. The molecule has 0 spiro atoms. The number of benzene rings is 1. The highest BCUT2D eigenvalue weighted by atomic mass is 19.1. The second kappa shape index (κ2) is 7.72. The molecule has 0 aromatic heterocycles. The van der Waals surface area contributed by atoms with Crippen molar-refractivity contribution in [3.63, 3.8) is 0 Å².